The maximum absolute atomic E-state index is 10.8. The lowest BCUT2D eigenvalue weighted by Gasteiger charge is -2.08. The Labute approximate surface area is 123 Å². The van der Waals surface area contributed by atoms with Crippen LogP contribution in [-0.2, 0) is 0 Å². The molecule has 1 aromatic heterocycles. The fourth-order valence-electron chi connectivity index (χ4n) is 1.53. The highest BCUT2D eigenvalue weighted by molar-refractivity contribution is 14.1. The highest BCUT2D eigenvalue weighted by atomic mass is 127. The number of hydrogen-bond acceptors (Lipinski definition) is 5. The topological polar surface area (TPSA) is 78.2 Å². The standard InChI is InChI=1S/C12H10IN3O3/c1-7-4-11(8(2)3-10(7)16(17)18)19-12-14-5-9(13)6-15-12/h3-6H,1-2H3. The molecule has 0 spiro atoms. The van der Waals surface area contributed by atoms with Crippen LogP contribution >= 0.6 is 22.6 Å². The molecule has 0 unspecified atom stereocenters. The second-order valence-corrected chi connectivity index (χ2v) is 5.19. The number of nitro groups is 1. The third-order valence-corrected chi connectivity index (χ3v) is 3.05. The number of aromatic nitrogens is 2. The molecule has 1 aromatic carbocycles. The van der Waals surface area contributed by atoms with Crippen LogP contribution in [0.5, 0.6) is 11.8 Å². The van der Waals surface area contributed by atoms with Crippen LogP contribution in [0.3, 0.4) is 0 Å². The minimum absolute atomic E-state index is 0.0772. The predicted molar refractivity (Wildman–Crippen MR) is 77.4 cm³/mol. The van der Waals surface area contributed by atoms with Crippen molar-refractivity contribution >= 4 is 28.3 Å². The van der Waals surface area contributed by atoms with E-state index in [1.54, 1.807) is 32.3 Å². The largest absolute Gasteiger partial charge is 0.424 e. The first kappa shape index (κ1) is 13.7. The Balaban J connectivity index is 2.33. The first-order chi connectivity index (χ1) is 8.97. The highest BCUT2D eigenvalue weighted by Crippen LogP contribution is 2.29. The SMILES string of the molecule is Cc1cc([N+](=O)[O-])c(C)cc1Oc1ncc(I)cn1. The van der Waals surface area contributed by atoms with Crippen molar-refractivity contribution in [3.63, 3.8) is 0 Å². The third-order valence-electron chi connectivity index (χ3n) is 2.49. The van der Waals surface area contributed by atoms with Gasteiger partial charge in [0.15, 0.2) is 0 Å². The zero-order valence-corrected chi connectivity index (χ0v) is 12.4. The molecule has 0 radical (unpaired) electrons. The second-order valence-electron chi connectivity index (χ2n) is 3.95. The van der Waals surface area contributed by atoms with Gasteiger partial charge in [0.05, 0.1) is 4.92 Å². The van der Waals surface area contributed by atoms with Gasteiger partial charge in [0.25, 0.3) is 5.69 Å². The fourth-order valence-corrected chi connectivity index (χ4v) is 1.81. The summed E-state index contributed by atoms with van der Waals surface area (Å²) in [6.45, 7) is 3.41. The predicted octanol–water partition coefficient (Wildman–Crippen LogP) is 3.40. The Morgan fingerprint density at radius 3 is 2.42 bits per heavy atom. The van der Waals surface area contributed by atoms with Crippen molar-refractivity contribution in [2.75, 3.05) is 0 Å². The van der Waals surface area contributed by atoms with Gasteiger partial charge in [0, 0.05) is 27.6 Å². The number of rotatable bonds is 3. The number of ether oxygens (including phenoxy) is 1. The van der Waals surface area contributed by atoms with E-state index >= 15 is 0 Å². The summed E-state index contributed by atoms with van der Waals surface area (Å²) in [5.74, 6) is 0.518. The lowest BCUT2D eigenvalue weighted by Crippen LogP contribution is -1.97. The minimum Gasteiger partial charge on any atom is -0.424 e. The molecular formula is C12H10IN3O3. The molecule has 2 aromatic rings. The summed E-state index contributed by atoms with van der Waals surface area (Å²) in [4.78, 5) is 18.5. The molecule has 0 saturated heterocycles. The third kappa shape index (κ3) is 3.16. The van der Waals surface area contributed by atoms with Gasteiger partial charge in [-0.25, -0.2) is 9.97 Å². The lowest BCUT2D eigenvalue weighted by atomic mass is 10.1. The van der Waals surface area contributed by atoms with Gasteiger partial charge in [-0.3, -0.25) is 10.1 Å². The van der Waals surface area contributed by atoms with Crippen LogP contribution in [-0.4, -0.2) is 14.9 Å². The smallest absolute Gasteiger partial charge is 0.321 e. The highest BCUT2D eigenvalue weighted by Gasteiger charge is 2.15. The summed E-state index contributed by atoms with van der Waals surface area (Å²) >= 11 is 2.10. The molecule has 0 amide bonds. The first-order valence-electron chi connectivity index (χ1n) is 5.38. The summed E-state index contributed by atoms with van der Waals surface area (Å²) in [7, 11) is 0. The van der Waals surface area contributed by atoms with Crippen molar-refractivity contribution < 1.29 is 9.66 Å². The van der Waals surface area contributed by atoms with E-state index in [1.807, 2.05) is 0 Å². The van der Waals surface area contributed by atoms with Gasteiger partial charge in [0.2, 0.25) is 0 Å². The average Bonchev–Trinajstić information content (AvgIpc) is 2.35. The number of nitrogens with zero attached hydrogens (tertiary/aromatic N) is 3. The van der Waals surface area contributed by atoms with Gasteiger partial charge in [-0.1, -0.05) is 0 Å². The Bertz CT molecular complexity index is 629. The zero-order chi connectivity index (χ0) is 14.0. The van der Waals surface area contributed by atoms with E-state index in [2.05, 4.69) is 32.6 Å². The van der Waals surface area contributed by atoms with Crippen molar-refractivity contribution in [1.82, 2.24) is 9.97 Å². The normalized spacial score (nSPS) is 10.3. The molecule has 19 heavy (non-hydrogen) atoms. The quantitative estimate of drug-likeness (QED) is 0.470. The molecule has 0 bridgehead atoms. The molecule has 0 saturated carbocycles. The molecule has 2 rings (SSSR count). The van der Waals surface area contributed by atoms with Gasteiger partial charge in [-0.2, -0.15) is 0 Å². The van der Waals surface area contributed by atoms with Crippen molar-refractivity contribution in [3.05, 3.63) is 49.3 Å². The van der Waals surface area contributed by atoms with Crippen LogP contribution in [0.15, 0.2) is 24.5 Å². The average molecular weight is 371 g/mol. The van der Waals surface area contributed by atoms with Crippen molar-refractivity contribution in [3.8, 4) is 11.8 Å². The van der Waals surface area contributed by atoms with Crippen molar-refractivity contribution in [2.45, 2.75) is 13.8 Å². The zero-order valence-electron chi connectivity index (χ0n) is 10.3. The summed E-state index contributed by atoms with van der Waals surface area (Å²) in [5.41, 5.74) is 1.28. The molecule has 1 heterocycles. The van der Waals surface area contributed by atoms with Gasteiger partial charge >= 0.3 is 6.01 Å². The molecule has 0 aliphatic carbocycles. The number of nitro benzene ring substituents is 1. The van der Waals surface area contributed by atoms with Crippen LogP contribution in [0, 0.1) is 27.5 Å². The van der Waals surface area contributed by atoms with E-state index < -0.39 is 4.92 Å². The maximum Gasteiger partial charge on any atom is 0.321 e. The Morgan fingerprint density at radius 1 is 1.21 bits per heavy atom. The Morgan fingerprint density at radius 2 is 1.84 bits per heavy atom. The molecule has 6 nitrogen and oxygen atoms in total. The van der Waals surface area contributed by atoms with Gasteiger partial charge in [0.1, 0.15) is 5.75 Å². The number of hydrogen-bond donors (Lipinski definition) is 0. The van der Waals surface area contributed by atoms with Gasteiger partial charge < -0.3 is 4.74 Å². The molecule has 0 aliphatic heterocycles. The summed E-state index contributed by atoms with van der Waals surface area (Å²) < 4.78 is 6.44. The van der Waals surface area contributed by atoms with E-state index in [9.17, 15) is 10.1 Å². The van der Waals surface area contributed by atoms with Crippen LogP contribution in [0.4, 0.5) is 5.69 Å². The number of aryl methyl sites for hydroxylation is 2. The molecule has 0 N–H and O–H groups in total. The minimum atomic E-state index is -0.409. The van der Waals surface area contributed by atoms with Crippen molar-refractivity contribution in [2.24, 2.45) is 0 Å². The number of benzene rings is 1. The van der Waals surface area contributed by atoms with E-state index in [0.29, 0.717) is 16.9 Å². The lowest BCUT2D eigenvalue weighted by molar-refractivity contribution is -0.385. The summed E-state index contributed by atoms with van der Waals surface area (Å²) in [6, 6.07) is 3.32. The van der Waals surface area contributed by atoms with E-state index in [4.69, 9.17) is 4.74 Å². The maximum atomic E-state index is 10.8. The summed E-state index contributed by atoms with van der Waals surface area (Å²) in [6.07, 6.45) is 3.27. The number of halogens is 1. The Kier molecular flexibility index (Phi) is 3.93. The van der Waals surface area contributed by atoms with Crippen LogP contribution in [0.2, 0.25) is 0 Å². The van der Waals surface area contributed by atoms with E-state index in [0.717, 1.165) is 3.57 Å². The molecular weight excluding hydrogens is 361 g/mol. The van der Waals surface area contributed by atoms with E-state index in [-0.39, 0.29) is 11.7 Å². The van der Waals surface area contributed by atoms with E-state index in [1.165, 1.54) is 6.07 Å². The van der Waals surface area contributed by atoms with Crippen LogP contribution < -0.4 is 4.74 Å². The molecule has 0 fully saturated rings. The van der Waals surface area contributed by atoms with Crippen LogP contribution in [0.25, 0.3) is 0 Å². The van der Waals surface area contributed by atoms with Gasteiger partial charge in [-0.05, 0) is 48.1 Å². The first-order valence-corrected chi connectivity index (χ1v) is 6.46. The molecule has 7 heteroatoms. The molecule has 0 aliphatic rings. The second kappa shape index (κ2) is 5.47. The van der Waals surface area contributed by atoms with Crippen LogP contribution in [0.1, 0.15) is 11.1 Å². The fraction of sp³-hybridized carbons (Fsp3) is 0.167. The molecule has 98 valence electrons. The monoisotopic (exact) mass is 371 g/mol. The van der Waals surface area contributed by atoms with Crippen molar-refractivity contribution in [1.29, 1.82) is 0 Å². The van der Waals surface area contributed by atoms with Gasteiger partial charge in [-0.15, -0.1) is 0 Å². The molecule has 0 atom stereocenters. The Hall–Kier alpha value is -1.77. The summed E-state index contributed by atoms with van der Waals surface area (Å²) in [5, 5.41) is 10.8.